The number of nitrogens with zero attached hydrogens (tertiary/aromatic N) is 2. The highest BCUT2D eigenvalue weighted by Crippen LogP contribution is 2.28. The van der Waals surface area contributed by atoms with Gasteiger partial charge >= 0.3 is 5.76 Å². The molecule has 0 atom stereocenters. The molecule has 3 aromatic rings. The van der Waals surface area contributed by atoms with E-state index < -0.39 is 5.76 Å². The molecule has 0 spiro atoms. The number of oxazole rings is 1. The van der Waals surface area contributed by atoms with Gasteiger partial charge in [0.05, 0.1) is 11.1 Å². The Hall–Kier alpha value is -2.37. The molecule has 0 amide bonds. The van der Waals surface area contributed by atoms with Crippen molar-refractivity contribution in [2.75, 3.05) is 0 Å². The van der Waals surface area contributed by atoms with Gasteiger partial charge in [0.2, 0.25) is 0 Å². The molecule has 0 saturated heterocycles. The molecule has 0 aliphatic rings. The molecule has 0 saturated carbocycles. The third-order valence-corrected chi connectivity index (χ3v) is 2.77. The first-order chi connectivity index (χ1) is 8.95. The Balaban J connectivity index is 2.19. The van der Waals surface area contributed by atoms with Crippen LogP contribution in [0.4, 0.5) is 0 Å². The normalized spacial score (nSPS) is 12.2. The van der Waals surface area contributed by atoms with E-state index in [4.69, 9.17) is 8.94 Å². The fraction of sp³-hybridized carbons (Fsp3) is 0.308. The standard InChI is InChI=1S/C13H13N3O3/c1-13(2,3)11-15-10(19-16-11)7-5-4-6-8-9(7)18-12(17)14-8/h4-6H,1-3H3,(H,14,17). The molecule has 3 rings (SSSR count). The van der Waals surface area contributed by atoms with E-state index >= 15 is 0 Å². The maximum absolute atomic E-state index is 11.2. The van der Waals surface area contributed by atoms with Crippen LogP contribution in [0, 0.1) is 0 Å². The number of aromatic amines is 1. The van der Waals surface area contributed by atoms with E-state index in [1.807, 2.05) is 20.8 Å². The molecule has 6 nitrogen and oxygen atoms in total. The second-order valence-corrected chi connectivity index (χ2v) is 5.37. The van der Waals surface area contributed by atoms with Crippen molar-refractivity contribution in [1.29, 1.82) is 0 Å². The average Bonchev–Trinajstić information content (AvgIpc) is 2.91. The minimum atomic E-state index is -0.502. The van der Waals surface area contributed by atoms with Crippen molar-refractivity contribution < 1.29 is 8.94 Å². The van der Waals surface area contributed by atoms with Gasteiger partial charge in [-0.25, -0.2) is 4.79 Å². The summed E-state index contributed by atoms with van der Waals surface area (Å²) in [4.78, 5) is 18.2. The molecule has 1 N–H and O–H groups in total. The van der Waals surface area contributed by atoms with Gasteiger partial charge in [-0.1, -0.05) is 32.0 Å². The van der Waals surface area contributed by atoms with Crippen molar-refractivity contribution in [3.05, 3.63) is 34.6 Å². The molecule has 98 valence electrons. The lowest BCUT2D eigenvalue weighted by atomic mass is 9.96. The fourth-order valence-corrected chi connectivity index (χ4v) is 1.78. The number of aromatic nitrogens is 3. The average molecular weight is 259 g/mol. The van der Waals surface area contributed by atoms with Crippen LogP contribution in [0.2, 0.25) is 0 Å². The second-order valence-electron chi connectivity index (χ2n) is 5.37. The summed E-state index contributed by atoms with van der Waals surface area (Å²) in [6, 6.07) is 5.33. The molecule has 19 heavy (non-hydrogen) atoms. The largest absolute Gasteiger partial charge is 0.417 e. The molecular formula is C13H13N3O3. The van der Waals surface area contributed by atoms with Crippen LogP contribution >= 0.6 is 0 Å². The van der Waals surface area contributed by atoms with Crippen LogP contribution in [0.25, 0.3) is 22.6 Å². The van der Waals surface area contributed by atoms with Gasteiger partial charge in [0.1, 0.15) is 0 Å². The number of hydrogen-bond acceptors (Lipinski definition) is 5. The van der Waals surface area contributed by atoms with E-state index in [0.717, 1.165) is 0 Å². The Bertz CT molecular complexity index is 789. The van der Waals surface area contributed by atoms with Gasteiger partial charge in [0.15, 0.2) is 11.4 Å². The summed E-state index contributed by atoms with van der Waals surface area (Å²) in [5.41, 5.74) is 1.45. The van der Waals surface area contributed by atoms with Gasteiger partial charge in [0, 0.05) is 5.41 Å². The van der Waals surface area contributed by atoms with Gasteiger partial charge < -0.3 is 8.94 Å². The Kier molecular flexibility index (Phi) is 2.35. The van der Waals surface area contributed by atoms with E-state index in [2.05, 4.69) is 15.1 Å². The van der Waals surface area contributed by atoms with Gasteiger partial charge in [-0.2, -0.15) is 4.98 Å². The first-order valence-electron chi connectivity index (χ1n) is 5.91. The summed E-state index contributed by atoms with van der Waals surface area (Å²) in [5, 5.41) is 3.96. The van der Waals surface area contributed by atoms with Gasteiger partial charge in [-0.15, -0.1) is 0 Å². The molecule has 2 aromatic heterocycles. The summed E-state index contributed by atoms with van der Waals surface area (Å²) in [5.74, 6) is 0.452. The number of benzene rings is 1. The predicted octanol–water partition coefficient (Wildman–Crippen LogP) is 2.47. The van der Waals surface area contributed by atoms with Crippen LogP contribution in [0.15, 0.2) is 31.9 Å². The highest BCUT2D eigenvalue weighted by atomic mass is 16.5. The summed E-state index contributed by atoms with van der Waals surface area (Å²) in [7, 11) is 0. The molecule has 0 aliphatic heterocycles. The number of H-pyrrole nitrogens is 1. The topological polar surface area (TPSA) is 84.9 Å². The molecule has 1 aromatic carbocycles. The molecular weight excluding hydrogens is 246 g/mol. The van der Waals surface area contributed by atoms with E-state index in [9.17, 15) is 4.79 Å². The van der Waals surface area contributed by atoms with Crippen molar-refractivity contribution in [1.82, 2.24) is 15.1 Å². The lowest BCUT2D eigenvalue weighted by Crippen LogP contribution is -2.13. The first-order valence-corrected chi connectivity index (χ1v) is 5.91. The number of para-hydroxylation sites is 1. The van der Waals surface area contributed by atoms with Gasteiger partial charge in [-0.05, 0) is 12.1 Å². The van der Waals surface area contributed by atoms with E-state index in [-0.39, 0.29) is 5.41 Å². The molecule has 0 radical (unpaired) electrons. The SMILES string of the molecule is CC(C)(C)c1noc(-c2cccc3[nH]c(=O)oc23)n1. The van der Waals surface area contributed by atoms with Gasteiger partial charge in [0.25, 0.3) is 5.89 Å². The van der Waals surface area contributed by atoms with Gasteiger partial charge in [-0.3, -0.25) is 4.98 Å². The first kappa shape index (κ1) is 11.7. The van der Waals surface area contributed by atoms with Crippen LogP contribution in [0.3, 0.4) is 0 Å². The maximum atomic E-state index is 11.2. The molecule has 0 aliphatic carbocycles. The predicted molar refractivity (Wildman–Crippen MR) is 68.8 cm³/mol. The van der Waals surface area contributed by atoms with E-state index in [1.54, 1.807) is 18.2 Å². The minimum Gasteiger partial charge on any atom is -0.407 e. The molecule has 2 heterocycles. The lowest BCUT2D eigenvalue weighted by molar-refractivity contribution is 0.402. The highest BCUT2D eigenvalue weighted by Gasteiger charge is 2.22. The highest BCUT2D eigenvalue weighted by molar-refractivity contribution is 5.87. The Labute approximate surface area is 108 Å². The third kappa shape index (κ3) is 1.95. The fourth-order valence-electron chi connectivity index (χ4n) is 1.78. The minimum absolute atomic E-state index is 0.200. The summed E-state index contributed by atoms with van der Waals surface area (Å²) in [6.45, 7) is 6.00. The van der Waals surface area contributed by atoms with Crippen molar-refractivity contribution in [3.8, 4) is 11.5 Å². The van der Waals surface area contributed by atoms with Crippen LogP contribution in [-0.2, 0) is 5.41 Å². The molecule has 0 fully saturated rings. The summed E-state index contributed by atoms with van der Waals surface area (Å²) < 4.78 is 10.4. The zero-order chi connectivity index (χ0) is 13.6. The van der Waals surface area contributed by atoms with Crippen molar-refractivity contribution >= 4 is 11.1 Å². The molecule has 0 unspecified atom stereocenters. The number of fused-ring (bicyclic) bond motifs is 1. The number of nitrogens with one attached hydrogen (secondary N) is 1. The summed E-state index contributed by atoms with van der Waals surface area (Å²) >= 11 is 0. The van der Waals surface area contributed by atoms with E-state index in [1.165, 1.54) is 0 Å². The zero-order valence-electron chi connectivity index (χ0n) is 10.9. The Morgan fingerprint density at radius 1 is 1.26 bits per heavy atom. The number of rotatable bonds is 1. The molecule has 0 bridgehead atoms. The van der Waals surface area contributed by atoms with Crippen LogP contribution < -0.4 is 5.76 Å². The van der Waals surface area contributed by atoms with Crippen molar-refractivity contribution in [2.45, 2.75) is 26.2 Å². The van der Waals surface area contributed by atoms with Crippen LogP contribution in [-0.4, -0.2) is 15.1 Å². The Morgan fingerprint density at radius 2 is 2.05 bits per heavy atom. The maximum Gasteiger partial charge on any atom is 0.417 e. The smallest absolute Gasteiger partial charge is 0.407 e. The zero-order valence-corrected chi connectivity index (χ0v) is 10.9. The summed E-state index contributed by atoms with van der Waals surface area (Å²) in [6.07, 6.45) is 0. The van der Waals surface area contributed by atoms with Crippen molar-refractivity contribution in [2.24, 2.45) is 0 Å². The monoisotopic (exact) mass is 259 g/mol. The molecule has 6 heteroatoms. The van der Waals surface area contributed by atoms with Crippen molar-refractivity contribution in [3.63, 3.8) is 0 Å². The third-order valence-electron chi connectivity index (χ3n) is 2.77. The second kappa shape index (κ2) is 3.81. The van der Waals surface area contributed by atoms with Crippen LogP contribution in [0.1, 0.15) is 26.6 Å². The number of hydrogen-bond donors (Lipinski definition) is 1. The van der Waals surface area contributed by atoms with E-state index in [0.29, 0.717) is 28.4 Å². The quantitative estimate of drug-likeness (QED) is 0.725. The lowest BCUT2D eigenvalue weighted by Gasteiger charge is -2.10. The van der Waals surface area contributed by atoms with Crippen LogP contribution in [0.5, 0.6) is 0 Å². The Morgan fingerprint density at radius 3 is 2.74 bits per heavy atom.